The van der Waals surface area contributed by atoms with Gasteiger partial charge in [0.1, 0.15) is 0 Å². The molecule has 0 aromatic carbocycles. The quantitative estimate of drug-likeness (QED) is 0.419. The predicted octanol–water partition coefficient (Wildman–Crippen LogP) is 1.73. The van der Waals surface area contributed by atoms with Crippen LogP contribution in [0.3, 0.4) is 0 Å². The largest absolute Gasteiger partial charge is 2.00 e. The summed E-state index contributed by atoms with van der Waals surface area (Å²) >= 11 is 0. The van der Waals surface area contributed by atoms with Crippen LogP contribution in [0.1, 0.15) is 54.4 Å². The number of hydrogen-bond donors (Lipinski definition) is 0. The zero-order chi connectivity index (χ0) is 16.3. The van der Waals surface area contributed by atoms with Crippen LogP contribution in [0.4, 0.5) is 0 Å². The van der Waals surface area contributed by atoms with Crippen LogP contribution in [0.25, 0.3) is 0 Å². The SMILES string of the molecule is CC(=O)/C=C(\[O-])CC(C)C.CC(=O)/C=C(\[O-])CC(C)C.[Ni+2]. The molecule has 0 spiro atoms. The summed E-state index contributed by atoms with van der Waals surface area (Å²) < 4.78 is 0. The number of carbonyl (C=O) groups is 2. The molecule has 0 aromatic rings. The van der Waals surface area contributed by atoms with E-state index in [2.05, 4.69) is 0 Å². The molecular formula is C16H26NiO4. The Morgan fingerprint density at radius 1 is 0.810 bits per heavy atom. The molecule has 0 aliphatic heterocycles. The number of carbonyl (C=O) groups excluding carboxylic acids is 2. The van der Waals surface area contributed by atoms with E-state index in [4.69, 9.17) is 0 Å². The third-order valence-corrected chi connectivity index (χ3v) is 1.95. The summed E-state index contributed by atoms with van der Waals surface area (Å²) in [7, 11) is 0. The Balaban J connectivity index is -0.000000295. The molecule has 124 valence electrons. The van der Waals surface area contributed by atoms with Crippen LogP contribution < -0.4 is 10.2 Å². The molecular weight excluding hydrogens is 315 g/mol. The van der Waals surface area contributed by atoms with E-state index in [1.54, 1.807) is 0 Å². The van der Waals surface area contributed by atoms with E-state index in [1.807, 2.05) is 27.7 Å². The van der Waals surface area contributed by atoms with E-state index in [9.17, 15) is 19.8 Å². The van der Waals surface area contributed by atoms with Crippen molar-refractivity contribution in [2.24, 2.45) is 11.8 Å². The summed E-state index contributed by atoms with van der Waals surface area (Å²) in [5.74, 6) is 0.215. The number of hydrogen-bond acceptors (Lipinski definition) is 4. The van der Waals surface area contributed by atoms with Crippen LogP contribution in [0, 0.1) is 11.8 Å². The first-order valence-corrected chi connectivity index (χ1v) is 6.80. The second-order valence-corrected chi connectivity index (χ2v) is 5.64. The summed E-state index contributed by atoms with van der Waals surface area (Å²) in [6, 6.07) is 0. The Bertz CT molecular complexity index is 332. The van der Waals surface area contributed by atoms with Crippen molar-refractivity contribution in [1.82, 2.24) is 0 Å². The van der Waals surface area contributed by atoms with Crippen molar-refractivity contribution in [3.63, 3.8) is 0 Å². The first kappa shape index (κ1) is 24.9. The zero-order valence-corrected chi connectivity index (χ0v) is 14.7. The van der Waals surface area contributed by atoms with Crippen LogP contribution in [0.5, 0.6) is 0 Å². The van der Waals surface area contributed by atoms with E-state index in [0.29, 0.717) is 24.7 Å². The molecule has 0 aromatic heterocycles. The topological polar surface area (TPSA) is 80.3 Å². The third-order valence-electron chi connectivity index (χ3n) is 1.95. The summed E-state index contributed by atoms with van der Waals surface area (Å²) in [5.41, 5.74) is 0. The molecule has 0 amide bonds. The van der Waals surface area contributed by atoms with Crippen molar-refractivity contribution in [2.45, 2.75) is 54.4 Å². The van der Waals surface area contributed by atoms with Crippen LogP contribution >= 0.6 is 0 Å². The molecule has 0 unspecified atom stereocenters. The molecule has 0 atom stereocenters. The average Bonchev–Trinajstić information content (AvgIpc) is 2.11. The van der Waals surface area contributed by atoms with E-state index in [-0.39, 0.29) is 39.6 Å². The Morgan fingerprint density at radius 3 is 1.19 bits per heavy atom. The minimum atomic E-state index is -0.161. The molecule has 4 nitrogen and oxygen atoms in total. The minimum Gasteiger partial charge on any atom is -0.875 e. The first-order chi connectivity index (χ1) is 9.04. The van der Waals surface area contributed by atoms with Gasteiger partial charge in [0.05, 0.1) is 0 Å². The normalized spacial score (nSPS) is 11.6. The molecule has 21 heavy (non-hydrogen) atoms. The van der Waals surface area contributed by atoms with Crippen LogP contribution in [0.2, 0.25) is 0 Å². The van der Waals surface area contributed by atoms with Crippen molar-refractivity contribution in [3.8, 4) is 0 Å². The summed E-state index contributed by atoms with van der Waals surface area (Å²) in [5, 5.41) is 21.6. The summed E-state index contributed by atoms with van der Waals surface area (Å²) in [6.45, 7) is 10.6. The summed E-state index contributed by atoms with van der Waals surface area (Å²) in [4.78, 5) is 20.7. The molecule has 0 aliphatic carbocycles. The molecule has 0 saturated heterocycles. The van der Waals surface area contributed by atoms with Crippen molar-refractivity contribution in [1.29, 1.82) is 0 Å². The first-order valence-electron chi connectivity index (χ1n) is 6.80. The molecule has 0 fully saturated rings. The van der Waals surface area contributed by atoms with Crippen LogP contribution in [-0.2, 0) is 26.1 Å². The fourth-order valence-electron chi connectivity index (χ4n) is 1.38. The second-order valence-electron chi connectivity index (χ2n) is 5.64. The van der Waals surface area contributed by atoms with Crippen LogP contribution in [-0.4, -0.2) is 11.6 Å². The Morgan fingerprint density at radius 2 is 1.05 bits per heavy atom. The molecule has 0 saturated carbocycles. The van der Waals surface area contributed by atoms with Gasteiger partial charge < -0.3 is 10.2 Å². The minimum absolute atomic E-state index is 0. The van der Waals surface area contributed by atoms with Crippen molar-refractivity contribution >= 4 is 11.6 Å². The average molecular weight is 341 g/mol. The maximum atomic E-state index is 10.8. The predicted molar refractivity (Wildman–Crippen MR) is 76.4 cm³/mol. The van der Waals surface area contributed by atoms with Gasteiger partial charge in [0.25, 0.3) is 0 Å². The van der Waals surface area contributed by atoms with Gasteiger partial charge in [0, 0.05) is 0 Å². The molecule has 5 heteroatoms. The Labute approximate surface area is 138 Å². The van der Waals surface area contributed by atoms with Crippen molar-refractivity contribution in [2.75, 3.05) is 0 Å². The number of allylic oxidation sites excluding steroid dienone is 4. The fourth-order valence-corrected chi connectivity index (χ4v) is 1.38. The monoisotopic (exact) mass is 340 g/mol. The van der Waals surface area contributed by atoms with Crippen LogP contribution in [0.15, 0.2) is 23.7 Å². The van der Waals surface area contributed by atoms with Gasteiger partial charge >= 0.3 is 16.5 Å². The summed E-state index contributed by atoms with van der Waals surface area (Å²) in [6.07, 6.45) is 3.25. The fraction of sp³-hybridized carbons (Fsp3) is 0.625. The van der Waals surface area contributed by atoms with Gasteiger partial charge in [-0.15, -0.1) is 11.5 Å². The van der Waals surface area contributed by atoms with E-state index >= 15 is 0 Å². The smallest absolute Gasteiger partial charge is 0.875 e. The van der Waals surface area contributed by atoms with Gasteiger partial charge in [0.15, 0.2) is 11.6 Å². The molecule has 0 aliphatic rings. The van der Waals surface area contributed by atoms with Gasteiger partial charge in [-0.05, 0) is 50.7 Å². The van der Waals surface area contributed by atoms with Gasteiger partial charge in [-0.3, -0.25) is 9.59 Å². The van der Waals surface area contributed by atoms with E-state index in [1.165, 1.54) is 13.8 Å². The van der Waals surface area contributed by atoms with Gasteiger partial charge in [0.2, 0.25) is 0 Å². The van der Waals surface area contributed by atoms with Gasteiger partial charge in [-0.1, -0.05) is 27.7 Å². The molecule has 0 heterocycles. The Hall–Kier alpha value is -1.09. The van der Waals surface area contributed by atoms with E-state index in [0.717, 1.165) is 12.2 Å². The standard InChI is InChI=1S/2C8H14O2.Ni/c2*1-6(2)4-8(10)5-7(3)9;/h2*5-6,10H,4H2,1-3H3;/q;;+2/p-2/b2*8-5-;. The maximum Gasteiger partial charge on any atom is 2.00 e. The molecule has 0 radical (unpaired) electrons. The number of ketones is 2. The number of rotatable bonds is 6. The molecule has 0 bridgehead atoms. The zero-order valence-electron chi connectivity index (χ0n) is 13.7. The molecule has 0 N–H and O–H groups in total. The maximum absolute atomic E-state index is 10.8. The van der Waals surface area contributed by atoms with Crippen molar-refractivity contribution < 1.29 is 36.3 Å². The van der Waals surface area contributed by atoms with Crippen molar-refractivity contribution in [3.05, 3.63) is 23.7 Å². The van der Waals surface area contributed by atoms with Gasteiger partial charge in [-0.2, -0.15) is 0 Å². The Kier molecular flexibility index (Phi) is 16.5. The van der Waals surface area contributed by atoms with E-state index < -0.39 is 0 Å². The second kappa shape index (κ2) is 13.9. The van der Waals surface area contributed by atoms with Gasteiger partial charge in [-0.25, -0.2) is 0 Å². The third kappa shape index (κ3) is 24.3. The molecule has 0 rings (SSSR count).